The van der Waals surface area contributed by atoms with Crippen molar-refractivity contribution < 1.29 is 0 Å². The summed E-state index contributed by atoms with van der Waals surface area (Å²) >= 11 is 0. The molecule has 0 aromatic rings. The Morgan fingerprint density at radius 2 is 2.00 bits per heavy atom. The van der Waals surface area contributed by atoms with E-state index in [1.54, 1.807) is 0 Å². The van der Waals surface area contributed by atoms with Crippen molar-refractivity contribution in [3.8, 4) is 11.3 Å². The van der Waals surface area contributed by atoms with Gasteiger partial charge in [0.05, 0.1) is 0 Å². The number of rotatable bonds is 0. The number of aromatic nitrogens is 1. The molecular weight excluding hydrogens is 121 g/mol. The van der Waals surface area contributed by atoms with Crippen molar-refractivity contribution in [1.82, 2.24) is 4.98 Å². The van der Waals surface area contributed by atoms with Gasteiger partial charge in [-0.1, -0.05) is 0 Å². The fourth-order valence-corrected chi connectivity index (χ4v) is 1.01. The van der Waals surface area contributed by atoms with Crippen molar-refractivity contribution in [2.75, 3.05) is 0 Å². The van der Waals surface area contributed by atoms with E-state index in [1.807, 2.05) is 37.2 Å². The van der Waals surface area contributed by atoms with E-state index in [0.717, 1.165) is 5.69 Å². The van der Waals surface area contributed by atoms with E-state index in [1.165, 1.54) is 5.56 Å². The van der Waals surface area contributed by atoms with Gasteiger partial charge in [0, 0.05) is 0 Å². The normalized spacial score (nSPS) is 9.60. The molecule has 2 rings (SSSR count). The number of hydrogen-bond donors (Lipinski definition) is 0. The van der Waals surface area contributed by atoms with Crippen LogP contribution in [-0.4, -0.2) is 11.9 Å². The molecule has 0 saturated heterocycles. The van der Waals surface area contributed by atoms with E-state index in [0.29, 0.717) is 0 Å². The topological polar surface area (TPSA) is 12.9 Å². The zero-order valence-corrected chi connectivity index (χ0v) is 5.49. The Labute approximate surface area is 60.3 Å². The molecule has 0 N–H and O–H groups in total. The van der Waals surface area contributed by atoms with Crippen molar-refractivity contribution in [3.05, 3.63) is 36.3 Å². The summed E-state index contributed by atoms with van der Waals surface area (Å²) in [6.45, 7) is 2.00. The van der Waals surface area contributed by atoms with Crippen molar-refractivity contribution >= 4 is 6.91 Å². The molecule has 2 heterocycles. The van der Waals surface area contributed by atoms with E-state index in [9.17, 15) is 0 Å². The van der Waals surface area contributed by atoms with Crippen LogP contribution in [0.3, 0.4) is 0 Å². The molecule has 0 bridgehead atoms. The van der Waals surface area contributed by atoms with Crippen LogP contribution in [-0.2, 0) is 0 Å². The monoisotopic (exact) mass is 127 g/mol. The van der Waals surface area contributed by atoms with Crippen LogP contribution in [0.25, 0.3) is 11.3 Å². The molecule has 10 heavy (non-hydrogen) atoms. The summed E-state index contributed by atoms with van der Waals surface area (Å²) in [5, 5.41) is 0. The van der Waals surface area contributed by atoms with Gasteiger partial charge in [0.1, 0.15) is 0 Å². The molecule has 0 spiro atoms. The molecule has 0 unspecified atom stereocenters. The van der Waals surface area contributed by atoms with Crippen LogP contribution < -0.4 is 0 Å². The first-order valence-electron chi connectivity index (χ1n) is 3.26. The van der Waals surface area contributed by atoms with Crippen molar-refractivity contribution in [1.29, 1.82) is 0 Å². The fourth-order valence-electron chi connectivity index (χ4n) is 1.01. The summed E-state index contributed by atoms with van der Waals surface area (Å²) in [6, 6.07) is 6.08. The van der Waals surface area contributed by atoms with E-state index >= 15 is 0 Å². The Balaban J connectivity index is 2.74. The number of nitrogens with zero attached hydrogens (tertiary/aromatic N) is 1. The molecule has 1 nitrogen and oxygen atoms in total. The maximum absolute atomic E-state index is 4.16. The second kappa shape index (κ2) is 2.22. The molecular formula is C8H6BN. The van der Waals surface area contributed by atoms with E-state index < -0.39 is 0 Å². The standard InChI is InChI=1S/C8H6BN/c1-4-9-5-2-8-7(1)3-6-10-8/h1-6H. The Kier molecular flexibility index (Phi) is 1.24. The third-order valence-corrected chi connectivity index (χ3v) is 1.52. The van der Waals surface area contributed by atoms with Crippen LogP contribution in [0.4, 0.5) is 0 Å². The Bertz CT molecular complexity index is 280. The van der Waals surface area contributed by atoms with Crippen LogP contribution in [0.15, 0.2) is 36.3 Å². The summed E-state index contributed by atoms with van der Waals surface area (Å²) in [6.07, 6.45) is 1.82. The van der Waals surface area contributed by atoms with Gasteiger partial charge >= 0.3 is 59.5 Å². The molecule has 0 aromatic heterocycles. The van der Waals surface area contributed by atoms with Gasteiger partial charge in [-0.15, -0.1) is 0 Å². The molecule has 2 aliphatic rings. The molecule has 0 aliphatic carbocycles. The average Bonchev–Trinajstić information content (AvgIpc) is 2.28. The predicted molar refractivity (Wildman–Crippen MR) is 42.2 cm³/mol. The van der Waals surface area contributed by atoms with Gasteiger partial charge in [-0.2, -0.15) is 0 Å². The molecule has 0 aromatic carbocycles. The predicted octanol–water partition coefficient (Wildman–Crippen LogP) is 1.52. The summed E-state index contributed by atoms with van der Waals surface area (Å²) in [5.74, 6) is 4.01. The molecule has 0 atom stereocenters. The third kappa shape index (κ3) is 0.818. The van der Waals surface area contributed by atoms with Crippen LogP contribution in [0.1, 0.15) is 0 Å². The average molecular weight is 127 g/mol. The van der Waals surface area contributed by atoms with Crippen molar-refractivity contribution in [3.63, 3.8) is 0 Å². The molecule has 46 valence electrons. The summed E-state index contributed by atoms with van der Waals surface area (Å²) in [7, 11) is 0. The molecule has 0 amide bonds. The third-order valence-electron chi connectivity index (χ3n) is 1.52. The fraction of sp³-hybridized carbons (Fsp3) is 0. The van der Waals surface area contributed by atoms with Crippen LogP contribution in [0, 0.1) is 0 Å². The Hall–Kier alpha value is -1.18. The zero-order valence-electron chi connectivity index (χ0n) is 5.49. The van der Waals surface area contributed by atoms with Crippen LogP contribution >= 0.6 is 0 Å². The minimum absolute atomic E-state index is 1.06. The summed E-state index contributed by atoms with van der Waals surface area (Å²) < 4.78 is 0. The van der Waals surface area contributed by atoms with Crippen molar-refractivity contribution in [2.45, 2.75) is 0 Å². The summed E-state index contributed by atoms with van der Waals surface area (Å²) in [5.41, 5.74) is 2.26. The zero-order chi connectivity index (χ0) is 6.81. The molecule has 2 aliphatic heterocycles. The van der Waals surface area contributed by atoms with Crippen LogP contribution in [0.2, 0.25) is 0 Å². The molecule has 2 heteroatoms. The second-order valence-corrected chi connectivity index (χ2v) is 2.20. The quantitative estimate of drug-likeness (QED) is 0.522. The van der Waals surface area contributed by atoms with Gasteiger partial charge < -0.3 is 0 Å². The Morgan fingerprint density at radius 1 is 1.10 bits per heavy atom. The number of fused-ring (bicyclic) bond motifs is 1. The van der Waals surface area contributed by atoms with E-state index in [2.05, 4.69) is 11.1 Å². The van der Waals surface area contributed by atoms with Gasteiger partial charge in [-0.25, -0.2) is 0 Å². The maximum atomic E-state index is 4.16. The first-order valence-corrected chi connectivity index (χ1v) is 3.26. The molecule has 0 saturated carbocycles. The van der Waals surface area contributed by atoms with Gasteiger partial charge in [0.15, 0.2) is 0 Å². The molecule has 0 fully saturated rings. The first-order chi connectivity index (χ1) is 4.97. The second-order valence-electron chi connectivity index (χ2n) is 2.20. The molecule has 0 radical (unpaired) electrons. The minimum atomic E-state index is 1.06. The van der Waals surface area contributed by atoms with E-state index in [4.69, 9.17) is 0 Å². The van der Waals surface area contributed by atoms with Gasteiger partial charge in [0.2, 0.25) is 0 Å². The summed E-state index contributed by atoms with van der Waals surface area (Å²) in [4.78, 5) is 4.16. The van der Waals surface area contributed by atoms with E-state index in [-0.39, 0.29) is 0 Å². The number of hydrogen-bond acceptors (Lipinski definition) is 1. The van der Waals surface area contributed by atoms with Gasteiger partial charge in [-0.05, 0) is 0 Å². The van der Waals surface area contributed by atoms with Crippen LogP contribution in [0.5, 0.6) is 0 Å². The van der Waals surface area contributed by atoms with Gasteiger partial charge in [0.25, 0.3) is 0 Å². The van der Waals surface area contributed by atoms with Gasteiger partial charge in [-0.3, -0.25) is 0 Å². The van der Waals surface area contributed by atoms with Crippen molar-refractivity contribution in [2.24, 2.45) is 0 Å². The Morgan fingerprint density at radius 3 is 3.00 bits per heavy atom. The first kappa shape index (κ1) is 5.60. The SMILES string of the molecule is b1ccc2ccnc-2cc1.